The highest BCUT2D eigenvalue weighted by Gasteiger charge is 2.48. The molecule has 1 amide bonds. The van der Waals surface area contributed by atoms with E-state index in [-0.39, 0.29) is 71.7 Å². The first-order chi connectivity index (χ1) is 20.5. The summed E-state index contributed by atoms with van der Waals surface area (Å²) in [5.41, 5.74) is 1.01. The Hall–Kier alpha value is -4.88. The van der Waals surface area contributed by atoms with E-state index in [0.29, 0.717) is 10.5 Å². The van der Waals surface area contributed by atoms with Crippen molar-refractivity contribution in [1.82, 2.24) is 9.55 Å². The number of ether oxygens (including phenoxy) is 3. The second-order valence-electron chi connectivity index (χ2n) is 9.94. The largest absolute Gasteiger partial charge is 0.493 e. The number of hydrogen-bond donors (Lipinski definition) is 1. The smallest absolute Gasteiger partial charge is 0.471 e. The number of alkyl halides is 3. The van der Waals surface area contributed by atoms with Gasteiger partial charge in [0, 0.05) is 40.9 Å². The maximum atomic E-state index is 14.3. The molecular weight excluding hydrogens is 581 g/mol. The minimum atomic E-state index is -5.25. The molecule has 2 atom stereocenters. The van der Waals surface area contributed by atoms with Crippen LogP contribution in [0.4, 0.5) is 27.6 Å². The summed E-state index contributed by atoms with van der Waals surface area (Å²) >= 11 is 0. The van der Waals surface area contributed by atoms with Crippen molar-refractivity contribution < 1.29 is 50.9 Å². The van der Waals surface area contributed by atoms with Gasteiger partial charge in [-0.25, -0.2) is 8.78 Å². The number of carbonyl (C=O) groups is 2. The van der Waals surface area contributed by atoms with Crippen LogP contribution in [0.25, 0.3) is 16.7 Å². The summed E-state index contributed by atoms with van der Waals surface area (Å²) in [7, 11) is 0. The van der Waals surface area contributed by atoms with Crippen LogP contribution < -0.4 is 19.1 Å². The molecule has 1 N–H and O–H groups in total. The number of carboxylic acids is 1. The third-order valence-electron chi connectivity index (χ3n) is 7.30. The maximum absolute atomic E-state index is 14.3. The van der Waals surface area contributed by atoms with Crippen LogP contribution in [-0.2, 0) is 9.59 Å². The van der Waals surface area contributed by atoms with E-state index in [1.54, 1.807) is 13.0 Å². The Bertz CT molecular complexity index is 1770. The van der Waals surface area contributed by atoms with E-state index in [2.05, 4.69) is 4.98 Å². The van der Waals surface area contributed by atoms with E-state index in [0.717, 1.165) is 12.1 Å². The Morgan fingerprint density at radius 1 is 1.07 bits per heavy atom. The van der Waals surface area contributed by atoms with E-state index in [1.165, 1.54) is 34.9 Å². The van der Waals surface area contributed by atoms with Crippen molar-refractivity contribution in [3.63, 3.8) is 0 Å². The molecule has 3 heterocycles. The number of hydrogen-bond acceptors (Lipinski definition) is 6. The fraction of sp³-hybridized carbons (Fsp3) is 0.276. The first kappa shape index (κ1) is 28.2. The second-order valence-corrected chi connectivity index (χ2v) is 9.94. The second kappa shape index (κ2) is 10.4. The summed E-state index contributed by atoms with van der Waals surface area (Å²) in [5.74, 6) is -5.69. The molecule has 43 heavy (non-hydrogen) atoms. The topological polar surface area (TPSA) is 103 Å². The maximum Gasteiger partial charge on any atom is 0.471 e. The van der Waals surface area contributed by atoms with Gasteiger partial charge in [-0.1, -0.05) is 18.2 Å². The fourth-order valence-corrected chi connectivity index (χ4v) is 5.48. The van der Waals surface area contributed by atoms with Crippen molar-refractivity contribution in [3.05, 3.63) is 71.3 Å². The highest BCUT2D eigenvalue weighted by atomic mass is 19.4. The van der Waals surface area contributed by atoms with E-state index in [9.17, 15) is 31.5 Å². The molecule has 2 aliphatic heterocycles. The number of nitrogens with zero attached hydrogens (tertiary/aromatic N) is 3. The van der Waals surface area contributed by atoms with Crippen LogP contribution in [0.2, 0.25) is 0 Å². The van der Waals surface area contributed by atoms with Gasteiger partial charge in [-0.2, -0.15) is 18.2 Å². The number of benzene rings is 3. The molecule has 0 bridgehead atoms. The third-order valence-corrected chi connectivity index (χ3v) is 7.30. The number of aromatic nitrogens is 2. The van der Waals surface area contributed by atoms with Gasteiger partial charge in [-0.3, -0.25) is 19.1 Å². The van der Waals surface area contributed by atoms with E-state index < -0.39 is 41.6 Å². The number of rotatable bonds is 7. The average Bonchev–Trinajstić information content (AvgIpc) is 3.64. The molecule has 0 unspecified atom stereocenters. The Morgan fingerprint density at radius 2 is 1.84 bits per heavy atom. The molecule has 9 nitrogen and oxygen atoms in total. The minimum absolute atomic E-state index is 0.0298. The molecule has 4 aromatic rings. The number of halogens is 5. The highest BCUT2D eigenvalue weighted by Crippen LogP contribution is 2.46. The average molecular weight is 604 g/mol. The molecule has 0 saturated heterocycles. The summed E-state index contributed by atoms with van der Waals surface area (Å²) in [5, 5.41) is 9.17. The molecule has 2 aliphatic rings. The molecule has 14 heteroatoms. The van der Waals surface area contributed by atoms with E-state index >= 15 is 0 Å². The van der Waals surface area contributed by atoms with E-state index in [1.807, 2.05) is 0 Å². The first-order valence-electron chi connectivity index (χ1n) is 13.1. The quantitative estimate of drug-likeness (QED) is 0.271. The minimum Gasteiger partial charge on any atom is -0.493 e. The number of anilines is 1. The number of carbonyl (C=O) groups excluding carboxylic acids is 1. The van der Waals surface area contributed by atoms with E-state index in [4.69, 9.17) is 19.3 Å². The highest BCUT2D eigenvalue weighted by molar-refractivity contribution is 5.98. The summed E-state index contributed by atoms with van der Waals surface area (Å²) in [4.78, 5) is 28.9. The monoisotopic (exact) mass is 603 g/mol. The lowest BCUT2D eigenvalue weighted by atomic mass is 9.97. The van der Waals surface area contributed by atoms with Crippen LogP contribution in [0.1, 0.15) is 36.4 Å². The number of imidazole rings is 1. The summed E-state index contributed by atoms with van der Waals surface area (Å²) < 4.78 is 88.5. The SMILES string of the molecule is CCOc1nc2cc(F)c(F)cc2n1-c1cccc2c1OC[C@H]2N(C(=O)C(F)(F)F)c1ccc2c(c1)OC[C@H]2CC(=O)O. The zero-order valence-electron chi connectivity index (χ0n) is 22.3. The predicted molar refractivity (Wildman–Crippen MR) is 141 cm³/mol. The van der Waals surface area contributed by atoms with Gasteiger partial charge in [0.2, 0.25) is 0 Å². The van der Waals surface area contributed by atoms with Crippen molar-refractivity contribution in [1.29, 1.82) is 0 Å². The lowest BCUT2D eigenvalue weighted by Gasteiger charge is -2.29. The van der Waals surface area contributed by atoms with Gasteiger partial charge in [-0.15, -0.1) is 0 Å². The van der Waals surface area contributed by atoms with Crippen molar-refractivity contribution in [2.24, 2.45) is 0 Å². The van der Waals surface area contributed by atoms with Crippen LogP contribution in [0.15, 0.2) is 48.5 Å². The number of carboxylic acid groups (broad SMARTS) is 1. The fourth-order valence-electron chi connectivity index (χ4n) is 5.48. The van der Waals surface area contributed by atoms with Gasteiger partial charge in [0.15, 0.2) is 11.6 Å². The molecular formula is C29H22F5N3O6. The number of fused-ring (bicyclic) bond motifs is 3. The van der Waals surface area contributed by atoms with Gasteiger partial charge in [0.1, 0.15) is 18.1 Å². The zero-order valence-corrected chi connectivity index (χ0v) is 22.3. The first-order valence-corrected chi connectivity index (χ1v) is 13.1. The molecule has 0 radical (unpaired) electrons. The van der Waals surface area contributed by atoms with Crippen molar-refractivity contribution in [2.75, 3.05) is 24.7 Å². The summed E-state index contributed by atoms with van der Waals surface area (Å²) in [6.45, 7) is 1.49. The van der Waals surface area contributed by atoms with Crippen LogP contribution in [0, 0.1) is 11.6 Å². The van der Waals surface area contributed by atoms with Crippen LogP contribution >= 0.6 is 0 Å². The number of para-hydroxylation sites is 1. The van der Waals surface area contributed by atoms with Gasteiger partial charge >= 0.3 is 24.1 Å². The van der Waals surface area contributed by atoms with Crippen molar-refractivity contribution >= 4 is 28.6 Å². The molecule has 0 saturated carbocycles. The van der Waals surface area contributed by atoms with Crippen LogP contribution in [0.3, 0.4) is 0 Å². The molecule has 3 aromatic carbocycles. The van der Waals surface area contributed by atoms with Gasteiger partial charge < -0.3 is 19.3 Å². The van der Waals surface area contributed by atoms with Crippen LogP contribution in [0.5, 0.6) is 17.5 Å². The Balaban J connectivity index is 1.46. The van der Waals surface area contributed by atoms with Gasteiger partial charge in [0.05, 0.1) is 42.4 Å². The molecule has 0 aliphatic carbocycles. The lowest BCUT2D eigenvalue weighted by molar-refractivity contribution is -0.171. The Labute approximate surface area is 240 Å². The van der Waals surface area contributed by atoms with Gasteiger partial charge in [-0.05, 0) is 19.1 Å². The standard InChI is InChI=1S/C29H22F5N3O6/c1-2-41-28-35-20-10-18(30)19(31)11-22(20)37(28)21-5-3-4-17-23(13-43-26(17)21)36(27(40)29(32,33)34)15-6-7-16-14(8-25(38)39)12-42-24(16)9-15/h3-7,9-11,14,23H,2,8,12-13H2,1H3,(H,38,39)/t14-,23-/m1/s1. The Kier molecular flexibility index (Phi) is 6.86. The van der Waals surface area contributed by atoms with Crippen molar-refractivity contribution in [2.45, 2.75) is 31.5 Å². The lowest BCUT2D eigenvalue weighted by Crippen LogP contribution is -2.44. The summed E-state index contributed by atoms with van der Waals surface area (Å²) in [6, 6.07) is 9.15. The number of aliphatic carboxylic acids is 1. The normalized spacial score (nSPS) is 17.3. The zero-order chi connectivity index (χ0) is 30.6. The molecule has 0 spiro atoms. The van der Waals surface area contributed by atoms with Crippen molar-refractivity contribution in [3.8, 4) is 23.2 Å². The molecule has 6 rings (SSSR count). The molecule has 1 aromatic heterocycles. The molecule has 224 valence electrons. The summed E-state index contributed by atoms with van der Waals surface area (Å²) in [6.07, 6.45) is -5.48. The Morgan fingerprint density at radius 3 is 2.56 bits per heavy atom. The predicted octanol–water partition coefficient (Wildman–Crippen LogP) is 5.68. The van der Waals surface area contributed by atoms with Crippen LogP contribution in [-0.4, -0.2) is 52.5 Å². The third kappa shape index (κ3) is 4.85. The number of amides is 1. The molecule has 0 fully saturated rings. The van der Waals surface area contributed by atoms with Gasteiger partial charge in [0.25, 0.3) is 0 Å².